The molecule has 2 unspecified atom stereocenters. The maximum atomic E-state index is 11.7. The van der Waals surface area contributed by atoms with Crippen LogP contribution in [0.25, 0.3) is 0 Å². The first-order valence-corrected chi connectivity index (χ1v) is 7.75. The third kappa shape index (κ3) is 4.69. The van der Waals surface area contributed by atoms with Crippen molar-refractivity contribution in [2.75, 3.05) is 7.11 Å². The van der Waals surface area contributed by atoms with Gasteiger partial charge in [-0.3, -0.25) is 0 Å². The molecule has 0 saturated heterocycles. The number of sulfonamides is 1. The summed E-state index contributed by atoms with van der Waals surface area (Å²) in [6.07, 6.45) is 2.74. The van der Waals surface area contributed by atoms with Crippen LogP contribution in [0.4, 0.5) is 0 Å². The second-order valence-corrected chi connectivity index (χ2v) is 6.46. The molecule has 1 aromatic carbocycles. The van der Waals surface area contributed by atoms with Crippen LogP contribution in [0.5, 0.6) is 5.75 Å². The molecule has 0 spiro atoms. The number of allylic oxidation sites excluding steroid dienone is 1. The summed E-state index contributed by atoms with van der Waals surface area (Å²) < 4.78 is 28.5. The lowest BCUT2D eigenvalue weighted by atomic mass is 9.97. The van der Waals surface area contributed by atoms with E-state index in [0.29, 0.717) is 12.8 Å². The highest BCUT2D eigenvalue weighted by molar-refractivity contribution is 7.89. The molecule has 106 valence electrons. The summed E-state index contributed by atoms with van der Waals surface area (Å²) in [7, 11) is -1.99. The third-order valence-electron chi connectivity index (χ3n) is 3.19. The number of benzene rings is 1. The molecule has 0 fully saturated rings. The molecule has 0 radical (unpaired) electrons. The minimum absolute atomic E-state index is 0.0606. The van der Waals surface area contributed by atoms with Crippen LogP contribution in [0.2, 0.25) is 0 Å². The van der Waals surface area contributed by atoms with Crippen LogP contribution in [0.15, 0.2) is 36.9 Å². The Morgan fingerprint density at radius 2 is 1.95 bits per heavy atom. The van der Waals surface area contributed by atoms with E-state index in [1.165, 1.54) is 0 Å². The second kappa shape index (κ2) is 6.73. The maximum absolute atomic E-state index is 11.7. The van der Waals surface area contributed by atoms with Crippen molar-refractivity contribution in [1.29, 1.82) is 0 Å². The number of ether oxygens (including phenoxy) is 1. The van der Waals surface area contributed by atoms with E-state index in [1.54, 1.807) is 13.2 Å². The molecule has 2 N–H and O–H groups in total. The molecule has 19 heavy (non-hydrogen) atoms. The van der Waals surface area contributed by atoms with Gasteiger partial charge in [-0.1, -0.05) is 25.1 Å². The van der Waals surface area contributed by atoms with Crippen molar-refractivity contribution < 1.29 is 13.2 Å². The number of rotatable bonds is 7. The Morgan fingerprint density at radius 1 is 1.37 bits per heavy atom. The molecule has 0 amide bonds. The zero-order valence-electron chi connectivity index (χ0n) is 11.4. The van der Waals surface area contributed by atoms with E-state index in [-0.39, 0.29) is 5.92 Å². The lowest BCUT2D eigenvalue weighted by Crippen LogP contribution is -2.35. The summed E-state index contributed by atoms with van der Waals surface area (Å²) >= 11 is 0. The molecule has 2 atom stereocenters. The molecule has 0 saturated carbocycles. The highest BCUT2D eigenvalue weighted by atomic mass is 32.2. The monoisotopic (exact) mass is 283 g/mol. The molecule has 4 nitrogen and oxygen atoms in total. The number of primary sulfonamides is 1. The highest BCUT2D eigenvalue weighted by Crippen LogP contribution is 2.21. The molecule has 1 aromatic rings. The largest absolute Gasteiger partial charge is 0.497 e. The summed E-state index contributed by atoms with van der Waals surface area (Å²) in [5, 5.41) is 4.73. The smallest absolute Gasteiger partial charge is 0.212 e. The topological polar surface area (TPSA) is 69.4 Å². The number of hydrogen-bond acceptors (Lipinski definition) is 3. The minimum atomic E-state index is -3.58. The standard InChI is InChI=1S/C14H21NO3S/c1-4-5-11(2)14(19(15,16)17)10-12-6-8-13(18-3)9-7-12/h4,6-9,11,14H,1,5,10H2,2-3H3,(H2,15,16,17). The molecule has 1 rings (SSSR count). The van der Waals surface area contributed by atoms with Gasteiger partial charge in [0.05, 0.1) is 12.4 Å². The van der Waals surface area contributed by atoms with Crippen LogP contribution in [0, 0.1) is 5.92 Å². The van der Waals surface area contributed by atoms with E-state index in [2.05, 4.69) is 6.58 Å². The van der Waals surface area contributed by atoms with Crippen LogP contribution >= 0.6 is 0 Å². The van der Waals surface area contributed by atoms with Crippen LogP contribution < -0.4 is 9.88 Å². The summed E-state index contributed by atoms with van der Waals surface area (Å²) in [6, 6.07) is 7.34. The molecular weight excluding hydrogens is 262 g/mol. The molecule has 0 heterocycles. The van der Waals surface area contributed by atoms with Gasteiger partial charge in [0.2, 0.25) is 10.0 Å². The lowest BCUT2D eigenvalue weighted by Gasteiger charge is -2.21. The fourth-order valence-corrected chi connectivity index (χ4v) is 3.23. The number of hydrogen-bond donors (Lipinski definition) is 1. The van der Waals surface area contributed by atoms with Crippen molar-refractivity contribution in [2.24, 2.45) is 11.1 Å². The predicted octanol–water partition coefficient (Wildman–Crippen LogP) is 2.11. The van der Waals surface area contributed by atoms with Gasteiger partial charge < -0.3 is 4.74 Å². The Bertz CT molecular complexity index is 508. The van der Waals surface area contributed by atoms with Gasteiger partial charge in [0, 0.05) is 0 Å². The summed E-state index contributed by atoms with van der Waals surface area (Å²) in [5.74, 6) is 0.685. The Labute approximate surface area is 115 Å². The highest BCUT2D eigenvalue weighted by Gasteiger charge is 2.27. The average Bonchev–Trinajstić information content (AvgIpc) is 2.35. The Hall–Kier alpha value is -1.33. The third-order valence-corrected chi connectivity index (χ3v) is 4.67. The first-order valence-electron chi connectivity index (χ1n) is 6.14. The van der Waals surface area contributed by atoms with Crippen LogP contribution in [0.3, 0.4) is 0 Å². The molecule has 5 heteroatoms. The van der Waals surface area contributed by atoms with Crippen molar-refractivity contribution >= 4 is 10.0 Å². The van der Waals surface area contributed by atoms with Gasteiger partial charge in [0.15, 0.2) is 0 Å². The maximum Gasteiger partial charge on any atom is 0.212 e. The molecule has 0 aliphatic carbocycles. The molecule has 0 aromatic heterocycles. The lowest BCUT2D eigenvalue weighted by molar-refractivity contribution is 0.414. The zero-order valence-corrected chi connectivity index (χ0v) is 12.2. The van der Waals surface area contributed by atoms with E-state index in [9.17, 15) is 8.42 Å². The summed E-state index contributed by atoms with van der Waals surface area (Å²) in [6.45, 7) is 5.52. The van der Waals surface area contributed by atoms with Crippen LogP contribution in [-0.4, -0.2) is 20.8 Å². The Kier molecular flexibility index (Phi) is 5.57. The summed E-state index contributed by atoms with van der Waals surface area (Å²) in [5.41, 5.74) is 0.927. The van der Waals surface area contributed by atoms with Crippen molar-refractivity contribution in [3.8, 4) is 5.75 Å². The Morgan fingerprint density at radius 3 is 2.37 bits per heavy atom. The number of nitrogens with two attached hydrogens (primary N) is 1. The number of methoxy groups -OCH3 is 1. The Balaban J connectivity index is 2.90. The van der Waals surface area contributed by atoms with Crippen molar-refractivity contribution in [3.63, 3.8) is 0 Å². The van der Waals surface area contributed by atoms with Gasteiger partial charge >= 0.3 is 0 Å². The summed E-state index contributed by atoms with van der Waals surface area (Å²) in [4.78, 5) is 0. The van der Waals surface area contributed by atoms with E-state index in [4.69, 9.17) is 9.88 Å². The van der Waals surface area contributed by atoms with Gasteiger partial charge in [-0.2, -0.15) is 0 Å². The van der Waals surface area contributed by atoms with Crippen molar-refractivity contribution in [2.45, 2.75) is 25.0 Å². The molecular formula is C14H21NO3S. The SMILES string of the molecule is C=CCC(C)C(Cc1ccc(OC)cc1)S(N)(=O)=O. The van der Waals surface area contributed by atoms with Gasteiger partial charge in [-0.05, 0) is 36.5 Å². The first kappa shape index (κ1) is 15.7. The van der Waals surface area contributed by atoms with E-state index in [1.807, 2.05) is 31.2 Å². The quantitative estimate of drug-likeness (QED) is 0.779. The van der Waals surface area contributed by atoms with E-state index < -0.39 is 15.3 Å². The fraction of sp³-hybridized carbons (Fsp3) is 0.429. The van der Waals surface area contributed by atoms with Crippen LogP contribution in [0.1, 0.15) is 18.9 Å². The second-order valence-electron chi connectivity index (χ2n) is 4.68. The van der Waals surface area contributed by atoms with E-state index in [0.717, 1.165) is 11.3 Å². The van der Waals surface area contributed by atoms with Gasteiger partial charge in [0.1, 0.15) is 5.75 Å². The van der Waals surface area contributed by atoms with Gasteiger partial charge in [-0.25, -0.2) is 13.6 Å². The zero-order chi connectivity index (χ0) is 14.5. The average molecular weight is 283 g/mol. The molecule has 0 aliphatic rings. The minimum Gasteiger partial charge on any atom is -0.497 e. The molecule has 0 bridgehead atoms. The van der Waals surface area contributed by atoms with Crippen molar-refractivity contribution in [1.82, 2.24) is 0 Å². The molecule has 0 aliphatic heterocycles. The van der Waals surface area contributed by atoms with Gasteiger partial charge in [-0.15, -0.1) is 6.58 Å². The van der Waals surface area contributed by atoms with Crippen molar-refractivity contribution in [3.05, 3.63) is 42.5 Å². The predicted molar refractivity (Wildman–Crippen MR) is 77.6 cm³/mol. The van der Waals surface area contributed by atoms with Gasteiger partial charge in [0.25, 0.3) is 0 Å². The first-order chi connectivity index (χ1) is 8.88. The fourth-order valence-electron chi connectivity index (χ4n) is 2.05. The van der Waals surface area contributed by atoms with E-state index >= 15 is 0 Å². The van der Waals surface area contributed by atoms with Crippen LogP contribution in [-0.2, 0) is 16.4 Å². The normalized spacial score (nSPS) is 14.7.